The van der Waals surface area contributed by atoms with E-state index in [1.54, 1.807) is 38.4 Å². The monoisotopic (exact) mass is 292 g/mol. The van der Waals surface area contributed by atoms with Crippen LogP contribution in [0.25, 0.3) is 0 Å². The predicted octanol–water partition coefficient (Wildman–Crippen LogP) is 1.53. The second kappa shape index (κ2) is 7.78. The van der Waals surface area contributed by atoms with Crippen molar-refractivity contribution in [2.45, 2.75) is 26.3 Å². The average molecular weight is 292 g/mol. The molecule has 1 aromatic carbocycles. The Morgan fingerprint density at radius 2 is 1.86 bits per heavy atom. The maximum atomic E-state index is 12.3. The molecule has 1 rings (SSSR count). The zero-order chi connectivity index (χ0) is 16.0. The highest BCUT2D eigenvalue weighted by Gasteiger charge is 2.17. The van der Waals surface area contributed by atoms with Gasteiger partial charge in [0.05, 0.1) is 0 Å². The van der Waals surface area contributed by atoms with Crippen LogP contribution in [-0.4, -0.2) is 48.6 Å². The Morgan fingerprint density at radius 1 is 1.24 bits per heavy atom. The Bertz CT molecular complexity index is 498. The molecule has 21 heavy (non-hydrogen) atoms. The molecule has 1 unspecified atom stereocenters. The molecule has 1 aromatic rings. The first-order valence-corrected chi connectivity index (χ1v) is 7.10. The number of carbonyl (C=O) groups is 2. The summed E-state index contributed by atoms with van der Waals surface area (Å²) in [5, 5.41) is 12.0. The molecule has 0 heterocycles. The number of benzene rings is 1. The van der Waals surface area contributed by atoms with Gasteiger partial charge < -0.3 is 15.3 Å². The summed E-state index contributed by atoms with van der Waals surface area (Å²) < 4.78 is 0. The van der Waals surface area contributed by atoms with Gasteiger partial charge in [0.2, 0.25) is 0 Å². The van der Waals surface area contributed by atoms with Crippen LogP contribution in [0.1, 0.15) is 41.0 Å². The minimum absolute atomic E-state index is 0.0300. The van der Waals surface area contributed by atoms with Crippen molar-refractivity contribution in [1.29, 1.82) is 0 Å². The van der Waals surface area contributed by atoms with E-state index in [0.29, 0.717) is 17.5 Å². The van der Waals surface area contributed by atoms with E-state index >= 15 is 0 Å². The van der Waals surface area contributed by atoms with Crippen LogP contribution < -0.4 is 5.32 Å². The first kappa shape index (κ1) is 17.2. The van der Waals surface area contributed by atoms with Gasteiger partial charge in [-0.2, -0.15) is 0 Å². The molecule has 0 spiro atoms. The predicted molar refractivity (Wildman–Crippen MR) is 82.3 cm³/mol. The standard InChI is InChI=1S/C16H24N2O3/c1-11(2)14(8-9-19)17-15(20)12-6-5-7-13(10-12)16(21)18(3)4/h5-7,10-11,14,19H,8-9H2,1-4H3,(H,17,20). The summed E-state index contributed by atoms with van der Waals surface area (Å²) >= 11 is 0. The number of nitrogens with one attached hydrogen (secondary N) is 1. The molecule has 5 nitrogen and oxygen atoms in total. The fraction of sp³-hybridized carbons (Fsp3) is 0.500. The van der Waals surface area contributed by atoms with E-state index in [4.69, 9.17) is 5.11 Å². The Labute approximate surface area is 126 Å². The maximum absolute atomic E-state index is 12.3. The van der Waals surface area contributed by atoms with Crippen molar-refractivity contribution in [2.24, 2.45) is 5.92 Å². The largest absolute Gasteiger partial charge is 0.396 e. The normalized spacial score (nSPS) is 12.1. The van der Waals surface area contributed by atoms with Crippen molar-refractivity contribution < 1.29 is 14.7 Å². The number of nitrogens with zero attached hydrogens (tertiary/aromatic N) is 1. The number of hydrogen-bond donors (Lipinski definition) is 2. The van der Waals surface area contributed by atoms with E-state index in [0.717, 1.165) is 0 Å². The number of hydrogen-bond acceptors (Lipinski definition) is 3. The van der Waals surface area contributed by atoms with Crippen molar-refractivity contribution in [2.75, 3.05) is 20.7 Å². The minimum atomic E-state index is -0.226. The van der Waals surface area contributed by atoms with Gasteiger partial charge in [0.1, 0.15) is 0 Å². The van der Waals surface area contributed by atoms with E-state index in [1.165, 1.54) is 4.90 Å². The Hall–Kier alpha value is -1.88. The molecule has 0 bridgehead atoms. The molecular formula is C16H24N2O3. The lowest BCUT2D eigenvalue weighted by molar-refractivity contribution is 0.0827. The number of amides is 2. The van der Waals surface area contributed by atoms with Crippen LogP contribution in [0.15, 0.2) is 24.3 Å². The lowest BCUT2D eigenvalue weighted by atomic mass is 10.0. The number of carbonyl (C=O) groups excluding carboxylic acids is 2. The minimum Gasteiger partial charge on any atom is -0.396 e. The van der Waals surface area contributed by atoms with E-state index in [2.05, 4.69) is 5.32 Å². The fourth-order valence-corrected chi connectivity index (χ4v) is 2.01. The second-order valence-electron chi connectivity index (χ2n) is 5.62. The highest BCUT2D eigenvalue weighted by Crippen LogP contribution is 2.10. The summed E-state index contributed by atoms with van der Waals surface area (Å²) in [6, 6.07) is 6.57. The van der Waals surface area contributed by atoms with Gasteiger partial charge in [-0.15, -0.1) is 0 Å². The van der Waals surface area contributed by atoms with Gasteiger partial charge in [-0.05, 0) is 30.5 Å². The first-order chi connectivity index (χ1) is 9.86. The Kier molecular flexibility index (Phi) is 6.37. The fourth-order valence-electron chi connectivity index (χ4n) is 2.01. The summed E-state index contributed by atoms with van der Waals surface area (Å²) in [4.78, 5) is 25.6. The van der Waals surface area contributed by atoms with E-state index < -0.39 is 0 Å². The maximum Gasteiger partial charge on any atom is 0.253 e. The topological polar surface area (TPSA) is 69.6 Å². The van der Waals surface area contributed by atoms with Gasteiger partial charge in [-0.25, -0.2) is 0 Å². The zero-order valence-corrected chi connectivity index (χ0v) is 13.1. The van der Waals surface area contributed by atoms with Crippen LogP contribution in [0.5, 0.6) is 0 Å². The van der Waals surface area contributed by atoms with E-state index in [-0.39, 0.29) is 30.4 Å². The second-order valence-corrected chi connectivity index (χ2v) is 5.62. The third-order valence-electron chi connectivity index (χ3n) is 3.34. The molecule has 0 saturated heterocycles. The van der Waals surface area contributed by atoms with Gasteiger partial charge in [-0.3, -0.25) is 9.59 Å². The van der Waals surface area contributed by atoms with Crippen LogP contribution in [0.3, 0.4) is 0 Å². The van der Waals surface area contributed by atoms with Crippen molar-refractivity contribution in [3.63, 3.8) is 0 Å². The third kappa shape index (κ3) is 4.86. The SMILES string of the molecule is CC(C)C(CCO)NC(=O)c1cccc(C(=O)N(C)C)c1. The van der Waals surface area contributed by atoms with Crippen LogP contribution in [0.2, 0.25) is 0 Å². The number of aliphatic hydroxyl groups is 1. The first-order valence-electron chi connectivity index (χ1n) is 7.10. The highest BCUT2D eigenvalue weighted by molar-refractivity contribution is 5.99. The van der Waals surface area contributed by atoms with Crippen molar-refractivity contribution in [1.82, 2.24) is 10.2 Å². The molecule has 2 N–H and O–H groups in total. The Balaban J connectivity index is 2.87. The van der Waals surface area contributed by atoms with Gasteiger partial charge in [0, 0.05) is 37.9 Å². The lowest BCUT2D eigenvalue weighted by Gasteiger charge is -2.21. The van der Waals surface area contributed by atoms with Crippen LogP contribution in [-0.2, 0) is 0 Å². The van der Waals surface area contributed by atoms with Crippen molar-refractivity contribution in [3.05, 3.63) is 35.4 Å². The molecule has 5 heteroatoms. The van der Waals surface area contributed by atoms with Gasteiger partial charge >= 0.3 is 0 Å². The van der Waals surface area contributed by atoms with Crippen LogP contribution in [0, 0.1) is 5.92 Å². The summed E-state index contributed by atoms with van der Waals surface area (Å²) in [5.74, 6) is -0.135. The quantitative estimate of drug-likeness (QED) is 0.835. The van der Waals surface area contributed by atoms with Crippen LogP contribution in [0.4, 0.5) is 0 Å². The number of rotatable bonds is 6. The summed E-state index contributed by atoms with van der Waals surface area (Å²) in [7, 11) is 3.34. The molecule has 1 atom stereocenters. The molecule has 0 aliphatic carbocycles. The zero-order valence-electron chi connectivity index (χ0n) is 13.1. The summed E-state index contributed by atoms with van der Waals surface area (Å²) in [6.07, 6.45) is 0.514. The molecule has 0 aliphatic heterocycles. The molecule has 2 amide bonds. The van der Waals surface area contributed by atoms with Gasteiger partial charge in [0.25, 0.3) is 11.8 Å². The Morgan fingerprint density at radius 3 is 2.38 bits per heavy atom. The molecular weight excluding hydrogens is 268 g/mol. The third-order valence-corrected chi connectivity index (χ3v) is 3.34. The van der Waals surface area contributed by atoms with Gasteiger partial charge in [0.15, 0.2) is 0 Å². The lowest BCUT2D eigenvalue weighted by Crippen LogP contribution is -2.39. The van der Waals surface area contributed by atoms with Crippen molar-refractivity contribution in [3.8, 4) is 0 Å². The summed E-state index contributed by atoms with van der Waals surface area (Å²) in [6.45, 7) is 4.02. The van der Waals surface area contributed by atoms with Crippen molar-refractivity contribution >= 4 is 11.8 Å². The highest BCUT2D eigenvalue weighted by atomic mass is 16.3. The average Bonchev–Trinajstić information content (AvgIpc) is 2.45. The van der Waals surface area contributed by atoms with Crippen LogP contribution >= 0.6 is 0 Å². The van der Waals surface area contributed by atoms with Gasteiger partial charge in [-0.1, -0.05) is 19.9 Å². The smallest absolute Gasteiger partial charge is 0.253 e. The molecule has 0 radical (unpaired) electrons. The molecule has 0 saturated carbocycles. The van der Waals surface area contributed by atoms with E-state index in [9.17, 15) is 9.59 Å². The summed E-state index contributed by atoms with van der Waals surface area (Å²) in [5.41, 5.74) is 0.933. The number of aliphatic hydroxyl groups excluding tert-OH is 1. The molecule has 116 valence electrons. The molecule has 0 fully saturated rings. The molecule has 0 aromatic heterocycles. The molecule has 0 aliphatic rings. The van der Waals surface area contributed by atoms with E-state index in [1.807, 2.05) is 13.8 Å².